The number of hydrogen-bond acceptors (Lipinski definition) is 4. The molecule has 14 heavy (non-hydrogen) atoms. The normalized spacial score (nSPS) is 10.7. The zero-order valence-electron chi connectivity index (χ0n) is 8.19. The van der Waals surface area contributed by atoms with Gasteiger partial charge in [0.1, 0.15) is 6.33 Å². The van der Waals surface area contributed by atoms with E-state index in [1.165, 1.54) is 0 Å². The van der Waals surface area contributed by atoms with Gasteiger partial charge in [-0.15, -0.1) is 11.3 Å². The molecule has 0 aliphatic rings. The Morgan fingerprint density at radius 3 is 3.07 bits per heavy atom. The van der Waals surface area contributed by atoms with Crippen LogP contribution in [0.3, 0.4) is 0 Å². The Labute approximate surface area is 86.6 Å². The summed E-state index contributed by atoms with van der Waals surface area (Å²) >= 11 is 1.63. The highest BCUT2D eigenvalue weighted by Crippen LogP contribution is 2.14. The zero-order chi connectivity index (χ0) is 9.97. The Bertz CT molecular complexity index is 418. The molecule has 0 unspecified atom stereocenters. The summed E-state index contributed by atoms with van der Waals surface area (Å²) in [6.45, 7) is 2.78. The predicted octanol–water partition coefficient (Wildman–Crippen LogP) is 1.36. The molecule has 0 fully saturated rings. The fraction of sp³-hybridized carbons (Fsp3) is 0.333. The SMILES string of the molecule is CNCc1cn(-c2nc(C)cs2)cn1. The molecule has 74 valence electrons. The Kier molecular flexibility index (Phi) is 2.60. The lowest BCUT2D eigenvalue weighted by Crippen LogP contribution is -2.04. The average Bonchev–Trinajstić information content (AvgIpc) is 2.74. The van der Waals surface area contributed by atoms with E-state index in [1.54, 1.807) is 17.7 Å². The number of hydrogen-bond donors (Lipinski definition) is 1. The van der Waals surface area contributed by atoms with Gasteiger partial charge >= 0.3 is 0 Å². The third kappa shape index (κ3) is 1.83. The number of aromatic nitrogens is 3. The molecule has 2 rings (SSSR count). The molecule has 0 spiro atoms. The molecule has 0 radical (unpaired) electrons. The van der Waals surface area contributed by atoms with Crippen LogP contribution in [0.25, 0.3) is 5.13 Å². The first-order chi connectivity index (χ1) is 6.79. The molecule has 4 nitrogen and oxygen atoms in total. The molecule has 0 saturated heterocycles. The topological polar surface area (TPSA) is 42.7 Å². The van der Waals surface area contributed by atoms with Crippen molar-refractivity contribution in [3.05, 3.63) is 29.3 Å². The summed E-state index contributed by atoms with van der Waals surface area (Å²) in [6.07, 6.45) is 3.79. The molecule has 0 bridgehead atoms. The minimum absolute atomic E-state index is 0.789. The van der Waals surface area contributed by atoms with Gasteiger partial charge < -0.3 is 5.32 Å². The second-order valence-electron chi connectivity index (χ2n) is 3.07. The first-order valence-corrected chi connectivity index (χ1v) is 5.27. The van der Waals surface area contributed by atoms with Crippen molar-refractivity contribution in [2.24, 2.45) is 0 Å². The lowest BCUT2D eigenvalue weighted by atomic mass is 10.5. The van der Waals surface area contributed by atoms with E-state index < -0.39 is 0 Å². The second-order valence-corrected chi connectivity index (χ2v) is 3.91. The van der Waals surface area contributed by atoms with Crippen molar-refractivity contribution in [2.75, 3.05) is 7.05 Å². The van der Waals surface area contributed by atoms with E-state index in [0.29, 0.717) is 0 Å². The summed E-state index contributed by atoms with van der Waals surface area (Å²) in [4.78, 5) is 8.63. The van der Waals surface area contributed by atoms with E-state index in [4.69, 9.17) is 0 Å². The highest BCUT2D eigenvalue weighted by Gasteiger charge is 2.02. The quantitative estimate of drug-likeness (QED) is 0.828. The summed E-state index contributed by atoms with van der Waals surface area (Å²) in [6, 6.07) is 0. The molecular weight excluding hydrogens is 196 g/mol. The van der Waals surface area contributed by atoms with Gasteiger partial charge in [0.05, 0.1) is 11.4 Å². The van der Waals surface area contributed by atoms with E-state index >= 15 is 0 Å². The van der Waals surface area contributed by atoms with Crippen molar-refractivity contribution >= 4 is 11.3 Å². The smallest absolute Gasteiger partial charge is 0.195 e. The fourth-order valence-electron chi connectivity index (χ4n) is 1.20. The van der Waals surface area contributed by atoms with Gasteiger partial charge in [0, 0.05) is 18.1 Å². The standard InChI is InChI=1S/C9H12N4S/c1-7-5-14-9(12-7)13-4-8(3-10-2)11-6-13/h4-6,10H,3H2,1-2H3. The minimum atomic E-state index is 0.789. The van der Waals surface area contributed by atoms with Gasteiger partial charge in [-0.1, -0.05) is 0 Å². The average molecular weight is 208 g/mol. The Balaban J connectivity index is 2.24. The first-order valence-electron chi connectivity index (χ1n) is 4.39. The zero-order valence-corrected chi connectivity index (χ0v) is 9.01. The van der Waals surface area contributed by atoms with Crippen LogP contribution in [0.5, 0.6) is 0 Å². The summed E-state index contributed by atoms with van der Waals surface area (Å²) in [7, 11) is 1.91. The van der Waals surface area contributed by atoms with E-state index in [1.807, 2.05) is 30.1 Å². The Morgan fingerprint density at radius 1 is 1.57 bits per heavy atom. The number of nitrogens with one attached hydrogen (secondary N) is 1. The van der Waals surface area contributed by atoms with Gasteiger partial charge in [-0.25, -0.2) is 9.97 Å². The summed E-state index contributed by atoms with van der Waals surface area (Å²) < 4.78 is 1.95. The Hall–Kier alpha value is -1.20. The van der Waals surface area contributed by atoms with E-state index in [-0.39, 0.29) is 0 Å². The van der Waals surface area contributed by atoms with Gasteiger partial charge in [-0.05, 0) is 14.0 Å². The minimum Gasteiger partial charge on any atom is -0.314 e. The van der Waals surface area contributed by atoms with Gasteiger partial charge in [-0.2, -0.15) is 0 Å². The van der Waals surface area contributed by atoms with Crippen molar-refractivity contribution < 1.29 is 0 Å². The molecular formula is C9H12N4S. The molecule has 0 saturated carbocycles. The molecule has 5 heteroatoms. The van der Waals surface area contributed by atoms with Crippen LogP contribution >= 0.6 is 11.3 Å². The first kappa shape index (κ1) is 9.36. The van der Waals surface area contributed by atoms with Gasteiger partial charge in [0.2, 0.25) is 0 Å². The maximum absolute atomic E-state index is 4.38. The van der Waals surface area contributed by atoms with Crippen LogP contribution in [0.15, 0.2) is 17.9 Å². The highest BCUT2D eigenvalue weighted by molar-refractivity contribution is 7.12. The van der Waals surface area contributed by atoms with Crippen LogP contribution < -0.4 is 5.32 Å². The van der Waals surface area contributed by atoms with E-state index in [2.05, 4.69) is 15.3 Å². The van der Waals surface area contributed by atoms with Gasteiger partial charge in [-0.3, -0.25) is 4.57 Å². The van der Waals surface area contributed by atoms with Crippen LogP contribution in [0.1, 0.15) is 11.4 Å². The molecule has 0 aliphatic heterocycles. The monoisotopic (exact) mass is 208 g/mol. The molecule has 0 aliphatic carbocycles. The molecule has 0 amide bonds. The molecule has 2 aromatic rings. The second kappa shape index (κ2) is 3.89. The van der Waals surface area contributed by atoms with Crippen LogP contribution in [0, 0.1) is 6.92 Å². The van der Waals surface area contributed by atoms with Crippen molar-refractivity contribution in [3.63, 3.8) is 0 Å². The van der Waals surface area contributed by atoms with E-state index in [9.17, 15) is 0 Å². The van der Waals surface area contributed by atoms with Crippen molar-refractivity contribution in [1.29, 1.82) is 0 Å². The molecule has 2 aromatic heterocycles. The maximum atomic E-state index is 4.38. The summed E-state index contributed by atoms with van der Waals surface area (Å²) in [5.41, 5.74) is 2.08. The predicted molar refractivity (Wildman–Crippen MR) is 56.7 cm³/mol. The van der Waals surface area contributed by atoms with Gasteiger partial charge in [0.25, 0.3) is 0 Å². The lowest BCUT2D eigenvalue weighted by molar-refractivity contribution is 0.796. The summed E-state index contributed by atoms with van der Waals surface area (Å²) in [5, 5.41) is 6.07. The Morgan fingerprint density at radius 2 is 2.43 bits per heavy atom. The summed E-state index contributed by atoms with van der Waals surface area (Å²) in [5.74, 6) is 0. The number of nitrogens with zero attached hydrogens (tertiary/aromatic N) is 3. The van der Waals surface area contributed by atoms with Crippen molar-refractivity contribution in [2.45, 2.75) is 13.5 Å². The number of rotatable bonds is 3. The molecule has 1 N–H and O–H groups in total. The number of aryl methyl sites for hydroxylation is 1. The van der Waals surface area contributed by atoms with Crippen LogP contribution in [-0.4, -0.2) is 21.6 Å². The molecule has 2 heterocycles. The highest BCUT2D eigenvalue weighted by atomic mass is 32.1. The fourth-order valence-corrected chi connectivity index (χ4v) is 1.95. The number of thiazole rings is 1. The third-order valence-electron chi connectivity index (χ3n) is 1.82. The van der Waals surface area contributed by atoms with Crippen molar-refractivity contribution in [3.8, 4) is 5.13 Å². The molecule has 0 atom stereocenters. The number of imidazole rings is 1. The lowest BCUT2D eigenvalue weighted by Gasteiger charge is -1.93. The van der Waals surface area contributed by atoms with Crippen LogP contribution in [0.4, 0.5) is 0 Å². The van der Waals surface area contributed by atoms with Crippen LogP contribution in [-0.2, 0) is 6.54 Å². The van der Waals surface area contributed by atoms with Gasteiger partial charge in [0.15, 0.2) is 5.13 Å². The van der Waals surface area contributed by atoms with E-state index in [0.717, 1.165) is 23.1 Å². The van der Waals surface area contributed by atoms with Crippen LogP contribution in [0.2, 0.25) is 0 Å². The molecule has 0 aromatic carbocycles. The van der Waals surface area contributed by atoms with Crippen molar-refractivity contribution in [1.82, 2.24) is 19.9 Å². The third-order valence-corrected chi connectivity index (χ3v) is 2.79. The maximum Gasteiger partial charge on any atom is 0.195 e. The largest absolute Gasteiger partial charge is 0.314 e.